The highest BCUT2D eigenvalue weighted by Crippen LogP contribution is 2.28. The van der Waals surface area contributed by atoms with Gasteiger partial charge in [-0.15, -0.1) is 0 Å². The monoisotopic (exact) mass is 249 g/mol. The fourth-order valence-corrected chi connectivity index (χ4v) is 1.65. The molecular weight excluding hydrogens is 234 g/mol. The number of hydrogen-bond acceptors (Lipinski definition) is 3. The number of carboxylic acid groups (broad SMARTS) is 1. The van der Waals surface area contributed by atoms with Gasteiger partial charge < -0.3 is 15.2 Å². The Hall–Kier alpha value is -2.04. The maximum Gasteiger partial charge on any atom is 0.318 e. The Bertz CT molecular complexity index is 508. The van der Waals surface area contributed by atoms with E-state index >= 15 is 0 Å². The molecular formula is C13H15NO4. The summed E-state index contributed by atoms with van der Waals surface area (Å²) >= 11 is 0. The zero-order chi connectivity index (χ0) is 13.3. The second kappa shape index (κ2) is 4.33. The van der Waals surface area contributed by atoms with Crippen molar-refractivity contribution in [2.45, 2.75) is 20.3 Å². The van der Waals surface area contributed by atoms with Crippen molar-refractivity contribution in [1.29, 1.82) is 0 Å². The number of rotatable bonds is 3. The number of aliphatic carboxylic acids is 1. The van der Waals surface area contributed by atoms with Crippen LogP contribution in [-0.4, -0.2) is 23.6 Å². The largest absolute Gasteiger partial charge is 0.493 e. The van der Waals surface area contributed by atoms with Gasteiger partial charge in [0.1, 0.15) is 11.2 Å². The predicted octanol–water partition coefficient (Wildman–Crippen LogP) is 1.67. The number of benzene rings is 1. The van der Waals surface area contributed by atoms with Crippen LogP contribution >= 0.6 is 0 Å². The number of hydrogen-bond donors (Lipinski definition) is 2. The van der Waals surface area contributed by atoms with Crippen molar-refractivity contribution in [2.24, 2.45) is 5.41 Å². The third kappa shape index (κ3) is 2.16. The molecule has 5 nitrogen and oxygen atoms in total. The minimum atomic E-state index is -1.45. The Morgan fingerprint density at radius 3 is 2.78 bits per heavy atom. The minimum absolute atomic E-state index is 0.533. The summed E-state index contributed by atoms with van der Waals surface area (Å²) in [5, 5.41) is 11.6. The summed E-state index contributed by atoms with van der Waals surface area (Å²) in [6.45, 7) is 3.40. The standard InChI is InChI=1S/C13H15NO4/c1-13(2,12(16)17)11(15)14-9-3-4-10-8(7-9)5-6-18-10/h3-4,7H,5-6H2,1-2H3,(H,14,15)(H,16,17). The van der Waals surface area contributed by atoms with Gasteiger partial charge in [-0.2, -0.15) is 0 Å². The third-order valence-electron chi connectivity index (χ3n) is 3.05. The van der Waals surface area contributed by atoms with Crippen LogP contribution < -0.4 is 10.1 Å². The Balaban J connectivity index is 2.15. The van der Waals surface area contributed by atoms with Crippen LogP contribution in [0.1, 0.15) is 19.4 Å². The van der Waals surface area contributed by atoms with Crippen LogP contribution in [0.4, 0.5) is 5.69 Å². The SMILES string of the molecule is CC(C)(C(=O)O)C(=O)Nc1ccc2c(c1)CCO2. The number of amides is 1. The molecule has 0 aromatic heterocycles. The van der Waals surface area contributed by atoms with E-state index in [4.69, 9.17) is 9.84 Å². The fraction of sp³-hybridized carbons (Fsp3) is 0.385. The lowest BCUT2D eigenvalue weighted by molar-refractivity contribution is -0.151. The molecule has 2 rings (SSSR count). The zero-order valence-electron chi connectivity index (χ0n) is 10.3. The molecule has 0 spiro atoms. The van der Waals surface area contributed by atoms with E-state index in [2.05, 4.69) is 5.32 Å². The second-order valence-electron chi connectivity index (χ2n) is 4.81. The van der Waals surface area contributed by atoms with E-state index in [1.807, 2.05) is 6.07 Å². The van der Waals surface area contributed by atoms with Crippen LogP contribution in [0.5, 0.6) is 5.75 Å². The lowest BCUT2D eigenvalue weighted by Gasteiger charge is -2.18. The lowest BCUT2D eigenvalue weighted by Crippen LogP contribution is -2.37. The van der Waals surface area contributed by atoms with Crippen molar-refractivity contribution in [3.63, 3.8) is 0 Å². The van der Waals surface area contributed by atoms with Crippen molar-refractivity contribution in [3.05, 3.63) is 23.8 Å². The molecule has 1 heterocycles. The first-order chi connectivity index (χ1) is 8.41. The summed E-state index contributed by atoms with van der Waals surface area (Å²) in [7, 11) is 0. The first-order valence-corrected chi connectivity index (χ1v) is 5.72. The van der Waals surface area contributed by atoms with E-state index in [9.17, 15) is 9.59 Å². The molecule has 2 N–H and O–H groups in total. The number of ether oxygens (including phenoxy) is 1. The molecule has 0 unspecified atom stereocenters. The zero-order valence-corrected chi connectivity index (χ0v) is 10.3. The smallest absolute Gasteiger partial charge is 0.318 e. The van der Waals surface area contributed by atoms with Crippen molar-refractivity contribution in [3.8, 4) is 5.75 Å². The van der Waals surface area contributed by atoms with E-state index in [1.54, 1.807) is 12.1 Å². The van der Waals surface area contributed by atoms with Crippen molar-refractivity contribution in [2.75, 3.05) is 11.9 Å². The maximum atomic E-state index is 11.9. The van der Waals surface area contributed by atoms with Crippen LogP contribution in [-0.2, 0) is 16.0 Å². The predicted molar refractivity (Wildman–Crippen MR) is 65.7 cm³/mol. The molecule has 0 saturated carbocycles. The molecule has 0 radical (unpaired) electrons. The number of carboxylic acids is 1. The van der Waals surface area contributed by atoms with E-state index in [0.717, 1.165) is 17.7 Å². The molecule has 1 aliphatic rings. The molecule has 0 atom stereocenters. The molecule has 18 heavy (non-hydrogen) atoms. The van der Waals surface area contributed by atoms with Gasteiger partial charge in [0.25, 0.3) is 0 Å². The molecule has 0 saturated heterocycles. The molecule has 0 fully saturated rings. The van der Waals surface area contributed by atoms with Gasteiger partial charge in [-0.1, -0.05) is 0 Å². The van der Waals surface area contributed by atoms with Crippen LogP contribution in [0, 0.1) is 5.41 Å². The van der Waals surface area contributed by atoms with Crippen LogP contribution in [0.3, 0.4) is 0 Å². The Labute approximate surface area is 105 Å². The van der Waals surface area contributed by atoms with Gasteiger partial charge in [-0.25, -0.2) is 0 Å². The minimum Gasteiger partial charge on any atom is -0.493 e. The number of anilines is 1. The summed E-state index contributed by atoms with van der Waals surface area (Å²) in [5.74, 6) is -0.858. The van der Waals surface area contributed by atoms with E-state index in [0.29, 0.717) is 12.3 Å². The highest BCUT2D eigenvalue weighted by molar-refractivity contribution is 6.07. The van der Waals surface area contributed by atoms with Crippen LogP contribution in [0.15, 0.2) is 18.2 Å². The van der Waals surface area contributed by atoms with Crippen molar-refractivity contribution >= 4 is 17.6 Å². The van der Waals surface area contributed by atoms with Gasteiger partial charge in [-0.05, 0) is 37.6 Å². The van der Waals surface area contributed by atoms with E-state index in [-0.39, 0.29) is 0 Å². The lowest BCUT2D eigenvalue weighted by atomic mass is 9.92. The molecule has 96 valence electrons. The fourth-order valence-electron chi connectivity index (χ4n) is 1.65. The average Bonchev–Trinajstić information content (AvgIpc) is 2.75. The third-order valence-corrected chi connectivity index (χ3v) is 3.05. The number of carbonyl (C=O) groups is 2. The van der Waals surface area contributed by atoms with Gasteiger partial charge in [0.15, 0.2) is 0 Å². The average molecular weight is 249 g/mol. The highest BCUT2D eigenvalue weighted by Gasteiger charge is 2.36. The molecule has 1 aromatic carbocycles. The number of fused-ring (bicyclic) bond motifs is 1. The first kappa shape index (κ1) is 12.4. The molecule has 0 aliphatic carbocycles. The van der Waals surface area contributed by atoms with Gasteiger partial charge in [0, 0.05) is 12.1 Å². The Morgan fingerprint density at radius 2 is 2.11 bits per heavy atom. The maximum absolute atomic E-state index is 11.9. The molecule has 1 aliphatic heterocycles. The number of nitrogens with one attached hydrogen (secondary N) is 1. The molecule has 0 bridgehead atoms. The summed E-state index contributed by atoms with van der Waals surface area (Å²) in [5.41, 5.74) is 0.176. The van der Waals surface area contributed by atoms with Crippen LogP contribution in [0.25, 0.3) is 0 Å². The van der Waals surface area contributed by atoms with E-state index in [1.165, 1.54) is 13.8 Å². The topological polar surface area (TPSA) is 75.6 Å². The highest BCUT2D eigenvalue weighted by atomic mass is 16.5. The molecule has 5 heteroatoms. The summed E-state index contributed by atoms with van der Waals surface area (Å²) in [4.78, 5) is 22.8. The van der Waals surface area contributed by atoms with Crippen molar-refractivity contribution in [1.82, 2.24) is 0 Å². The quantitative estimate of drug-likeness (QED) is 0.799. The Morgan fingerprint density at radius 1 is 1.39 bits per heavy atom. The normalized spacial score (nSPS) is 13.7. The molecule has 1 amide bonds. The van der Waals surface area contributed by atoms with Gasteiger partial charge in [-0.3, -0.25) is 9.59 Å². The van der Waals surface area contributed by atoms with Gasteiger partial charge in [0.2, 0.25) is 5.91 Å². The van der Waals surface area contributed by atoms with Crippen LogP contribution in [0.2, 0.25) is 0 Å². The summed E-state index contributed by atoms with van der Waals surface area (Å²) in [6, 6.07) is 5.31. The first-order valence-electron chi connectivity index (χ1n) is 5.72. The summed E-state index contributed by atoms with van der Waals surface area (Å²) < 4.78 is 5.36. The van der Waals surface area contributed by atoms with Crippen molar-refractivity contribution < 1.29 is 19.4 Å². The Kier molecular flexibility index (Phi) is 2.98. The van der Waals surface area contributed by atoms with Gasteiger partial charge in [0.05, 0.1) is 6.61 Å². The molecule has 1 aromatic rings. The van der Waals surface area contributed by atoms with E-state index < -0.39 is 17.3 Å². The number of carbonyl (C=O) groups excluding carboxylic acids is 1. The summed E-state index contributed by atoms with van der Waals surface area (Å²) in [6.07, 6.45) is 0.807. The van der Waals surface area contributed by atoms with Gasteiger partial charge >= 0.3 is 5.97 Å². The second-order valence-corrected chi connectivity index (χ2v) is 4.81.